The van der Waals surface area contributed by atoms with Gasteiger partial charge in [0.25, 0.3) is 5.91 Å². The van der Waals surface area contributed by atoms with Crippen LogP contribution in [0.2, 0.25) is 0 Å². The highest BCUT2D eigenvalue weighted by atomic mass is 16.3. The maximum Gasteiger partial charge on any atom is 0.255 e. The fourth-order valence-corrected chi connectivity index (χ4v) is 2.46. The standard InChI is InChI=1S/C13H19N3O2/c14-11-7-10(8-15-9-11)13(18)16-5-2-1-3-12(16)4-6-17/h7-9,12,17H,1-6,14H2. The van der Waals surface area contributed by atoms with Crippen LogP contribution < -0.4 is 5.73 Å². The van der Waals surface area contributed by atoms with Gasteiger partial charge < -0.3 is 15.7 Å². The number of carbonyl (C=O) groups is 1. The summed E-state index contributed by atoms with van der Waals surface area (Å²) in [5, 5.41) is 9.06. The Morgan fingerprint density at radius 1 is 1.50 bits per heavy atom. The topological polar surface area (TPSA) is 79.5 Å². The number of aliphatic hydroxyl groups is 1. The Hall–Kier alpha value is -1.62. The molecule has 1 aromatic heterocycles. The lowest BCUT2D eigenvalue weighted by molar-refractivity contribution is 0.0574. The Kier molecular flexibility index (Phi) is 4.15. The first-order valence-corrected chi connectivity index (χ1v) is 6.34. The predicted molar refractivity (Wildman–Crippen MR) is 69.0 cm³/mol. The number of pyridine rings is 1. The third-order valence-electron chi connectivity index (χ3n) is 3.36. The van der Waals surface area contributed by atoms with E-state index in [0.717, 1.165) is 25.8 Å². The van der Waals surface area contributed by atoms with Gasteiger partial charge in [-0.15, -0.1) is 0 Å². The highest BCUT2D eigenvalue weighted by Crippen LogP contribution is 2.22. The molecule has 0 radical (unpaired) electrons. The molecule has 1 fully saturated rings. The van der Waals surface area contributed by atoms with E-state index in [9.17, 15) is 4.79 Å². The quantitative estimate of drug-likeness (QED) is 0.839. The maximum absolute atomic E-state index is 12.4. The highest BCUT2D eigenvalue weighted by Gasteiger charge is 2.27. The van der Waals surface area contributed by atoms with Crippen molar-refractivity contribution in [2.45, 2.75) is 31.7 Å². The first-order valence-electron chi connectivity index (χ1n) is 6.34. The van der Waals surface area contributed by atoms with E-state index in [2.05, 4.69) is 4.98 Å². The van der Waals surface area contributed by atoms with Crippen molar-refractivity contribution in [3.63, 3.8) is 0 Å². The summed E-state index contributed by atoms with van der Waals surface area (Å²) >= 11 is 0. The van der Waals surface area contributed by atoms with Crippen molar-refractivity contribution in [2.75, 3.05) is 18.9 Å². The van der Waals surface area contributed by atoms with Crippen LogP contribution in [0, 0.1) is 0 Å². The van der Waals surface area contributed by atoms with E-state index in [-0.39, 0.29) is 18.6 Å². The van der Waals surface area contributed by atoms with Crippen LogP contribution >= 0.6 is 0 Å². The van der Waals surface area contributed by atoms with Crippen molar-refractivity contribution in [3.05, 3.63) is 24.0 Å². The molecule has 0 aromatic carbocycles. The average Bonchev–Trinajstić information content (AvgIpc) is 2.39. The summed E-state index contributed by atoms with van der Waals surface area (Å²) in [6, 6.07) is 1.79. The number of hydrogen-bond donors (Lipinski definition) is 2. The van der Waals surface area contributed by atoms with Gasteiger partial charge in [0.1, 0.15) is 0 Å². The monoisotopic (exact) mass is 249 g/mol. The van der Waals surface area contributed by atoms with Gasteiger partial charge in [-0.05, 0) is 31.7 Å². The summed E-state index contributed by atoms with van der Waals surface area (Å²) in [6.07, 6.45) is 6.80. The number of nitrogens with two attached hydrogens (primary N) is 1. The van der Waals surface area contributed by atoms with Crippen LogP contribution in [0.4, 0.5) is 5.69 Å². The van der Waals surface area contributed by atoms with E-state index in [1.807, 2.05) is 4.90 Å². The third kappa shape index (κ3) is 2.79. The Morgan fingerprint density at radius 3 is 3.06 bits per heavy atom. The van der Waals surface area contributed by atoms with Crippen molar-refractivity contribution in [3.8, 4) is 0 Å². The minimum Gasteiger partial charge on any atom is -0.397 e. The molecule has 18 heavy (non-hydrogen) atoms. The zero-order valence-corrected chi connectivity index (χ0v) is 10.4. The molecule has 1 aliphatic rings. The van der Waals surface area contributed by atoms with E-state index in [0.29, 0.717) is 17.7 Å². The summed E-state index contributed by atoms with van der Waals surface area (Å²) in [5.74, 6) is -0.0343. The summed E-state index contributed by atoms with van der Waals surface area (Å²) in [5.41, 5.74) is 6.67. The van der Waals surface area contributed by atoms with Crippen LogP contribution in [0.5, 0.6) is 0 Å². The number of rotatable bonds is 3. The Balaban J connectivity index is 2.15. The number of nitrogens with zero attached hydrogens (tertiary/aromatic N) is 2. The molecule has 2 heterocycles. The number of carbonyl (C=O) groups excluding carboxylic acids is 1. The van der Waals surface area contributed by atoms with Crippen LogP contribution in [0.25, 0.3) is 0 Å². The molecule has 2 rings (SSSR count). The predicted octanol–water partition coefficient (Wildman–Crippen LogP) is 1.04. The number of aromatic nitrogens is 1. The van der Waals surface area contributed by atoms with Crippen molar-refractivity contribution in [1.29, 1.82) is 0 Å². The number of anilines is 1. The number of likely N-dealkylation sites (tertiary alicyclic amines) is 1. The van der Waals surface area contributed by atoms with Crippen LogP contribution in [0.3, 0.4) is 0 Å². The first kappa shape index (κ1) is 12.8. The molecule has 5 nitrogen and oxygen atoms in total. The Morgan fingerprint density at radius 2 is 2.33 bits per heavy atom. The number of aliphatic hydroxyl groups excluding tert-OH is 1. The SMILES string of the molecule is Nc1cncc(C(=O)N2CCCCC2CCO)c1. The van der Waals surface area contributed by atoms with Crippen LogP contribution in [0.1, 0.15) is 36.0 Å². The summed E-state index contributed by atoms with van der Waals surface area (Å²) < 4.78 is 0. The number of amides is 1. The molecular formula is C13H19N3O2. The van der Waals surface area contributed by atoms with Gasteiger partial charge in [0, 0.05) is 31.6 Å². The minimum atomic E-state index is -0.0343. The van der Waals surface area contributed by atoms with E-state index in [1.54, 1.807) is 12.3 Å². The van der Waals surface area contributed by atoms with Gasteiger partial charge in [-0.3, -0.25) is 9.78 Å². The lowest BCUT2D eigenvalue weighted by Crippen LogP contribution is -2.44. The number of nitrogen functional groups attached to an aromatic ring is 1. The van der Waals surface area contributed by atoms with Crippen LogP contribution in [-0.2, 0) is 0 Å². The first-order chi connectivity index (χ1) is 8.72. The minimum absolute atomic E-state index is 0.0343. The van der Waals surface area contributed by atoms with Crippen molar-refractivity contribution in [1.82, 2.24) is 9.88 Å². The zero-order chi connectivity index (χ0) is 13.0. The second-order valence-corrected chi connectivity index (χ2v) is 4.67. The molecular weight excluding hydrogens is 230 g/mol. The van der Waals surface area contributed by atoms with E-state index < -0.39 is 0 Å². The smallest absolute Gasteiger partial charge is 0.255 e. The fraction of sp³-hybridized carbons (Fsp3) is 0.538. The van der Waals surface area contributed by atoms with E-state index in [1.165, 1.54) is 6.20 Å². The molecule has 1 aliphatic heterocycles. The van der Waals surface area contributed by atoms with Gasteiger partial charge in [-0.2, -0.15) is 0 Å². The summed E-state index contributed by atoms with van der Waals surface area (Å²) in [6.45, 7) is 0.863. The average molecular weight is 249 g/mol. The number of piperidine rings is 1. The number of hydrogen-bond acceptors (Lipinski definition) is 4. The largest absolute Gasteiger partial charge is 0.397 e. The van der Waals surface area contributed by atoms with Gasteiger partial charge in [0.2, 0.25) is 0 Å². The molecule has 1 unspecified atom stereocenters. The lowest BCUT2D eigenvalue weighted by atomic mass is 9.98. The van der Waals surface area contributed by atoms with Gasteiger partial charge >= 0.3 is 0 Å². The highest BCUT2D eigenvalue weighted by molar-refractivity contribution is 5.94. The molecule has 1 amide bonds. The van der Waals surface area contributed by atoms with E-state index in [4.69, 9.17) is 10.8 Å². The lowest BCUT2D eigenvalue weighted by Gasteiger charge is -2.35. The molecule has 1 atom stereocenters. The molecule has 1 saturated heterocycles. The summed E-state index contributed by atoms with van der Waals surface area (Å²) in [7, 11) is 0. The van der Waals surface area contributed by atoms with E-state index >= 15 is 0 Å². The summed E-state index contributed by atoms with van der Waals surface area (Å²) in [4.78, 5) is 18.2. The van der Waals surface area contributed by atoms with Gasteiger partial charge in [-0.25, -0.2) is 0 Å². The molecule has 0 aliphatic carbocycles. The van der Waals surface area contributed by atoms with Crippen LogP contribution in [0.15, 0.2) is 18.5 Å². The van der Waals surface area contributed by atoms with Crippen LogP contribution in [-0.4, -0.2) is 40.1 Å². The zero-order valence-electron chi connectivity index (χ0n) is 10.4. The second kappa shape index (κ2) is 5.82. The third-order valence-corrected chi connectivity index (χ3v) is 3.36. The molecule has 0 spiro atoms. The normalized spacial score (nSPS) is 19.8. The van der Waals surface area contributed by atoms with Crippen molar-refractivity contribution in [2.24, 2.45) is 0 Å². The van der Waals surface area contributed by atoms with Gasteiger partial charge in [0.05, 0.1) is 11.3 Å². The molecule has 0 bridgehead atoms. The Bertz CT molecular complexity index is 420. The second-order valence-electron chi connectivity index (χ2n) is 4.67. The molecule has 5 heteroatoms. The molecule has 0 saturated carbocycles. The Labute approximate surface area is 107 Å². The van der Waals surface area contributed by atoms with Crippen molar-refractivity contribution >= 4 is 11.6 Å². The van der Waals surface area contributed by atoms with Crippen molar-refractivity contribution < 1.29 is 9.90 Å². The molecule has 3 N–H and O–H groups in total. The van der Waals surface area contributed by atoms with Gasteiger partial charge in [0.15, 0.2) is 0 Å². The molecule has 1 aromatic rings. The maximum atomic E-state index is 12.4. The molecule has 98 valence electrons. The fourth-order valence-electron chi connectivity index (χ4n) is 2.46. The van der Waals surface area contributed by atoms with Gasteiger partial charge in [-0.1, -0.05) is 0 Å².